The number of carbonyl (C=O) groups is 1. The van der Waals surface area contributed by atoms with Crippen LogP contribution in [0.4, 0.5) is 13.2 Å². The summed E-state index contributed by atoms with van der Waals surface area (Å²) in [5.74, 6) is 0.208. The highest BCUT2D eigenvalue weighted by Gasteiger charge is 2.39. The number of nitrogens with one attached hydrogen (secondary N) is 2. The Morgan fingerprint density at radius 1 is 1.15 bits per heavy atom. The molecule has 5 nitrogen and oxygen atoms in total. The fourth-order valence-corrected chi connectivity index (χ4v) is 3.68. The number of aromatic nitrogens is 1. The Hall–Kier alpha value is -2.61. The Bertz CT molecular complexity index is 839. The number of hydrogen-bond acceptors (Lipinski definition) is 4. The number of alkyl halides is 3. The third-order valence-electron chi connectivity index (χ3n) is 4.99. The van der Waals surface area contributed by atoms with Crippen molar-refractivity contribution in [3.63, 3.8) is 0 Å². The van der Waals surface area contributed by atoms with E-state index in [1.807, 2.05) is 0 Å². The van der Waals surface area contributed by atoms with Gasteiger partial charge >= 0.3 is 6.18 Å². The molecule has 8 heteroatoms. The highest BCUT2D eigenvalue weighted by molar-refractivity contribution is 5.94. The maximum absolute atomic E-state index is 12.7. The van der Waals surface area contributed by atoms with Gasteiger partial charge in [0.25, 0.3) is 5.91 Å². The summed E-state index contributed by atoms with van der Waals surface area (Å²) in [5.41, 5.74) is -0.536. The van der Waals surface area contributed by atoms with Crippen LogP contribution in [-0.4, -0.2) is 29.0 Å². The van der Waals surface area contributed by atoms with Gasteiger partial charge in [-0.2, -0.15) is 13.2 Å². The van der Waals surface area contributed by atoms with Crippen LogP contribution in [0.15, 0.2) is 42.6 Å². The number of ether oxygens (including phenoxy) is 1. The molecule has 2 aromatic rings. The predicted octanol–water partition coefficient (Wildman–Crippen LogP) is 3.52. The molecule has 1 aromatic heterocycles. The van der Waals surface area contributed by atoms with Gasteiger partial charge in [-0.3, -0.25) is 9.78 Å². The maximum atomic E-state index is 12.7. The molecule has 3 heterocycles. The topological polar surface area (TPSA) is 63.2 Å². The second kappa shape index (κ2) is 6.84. The first-order valence-corrected chi connectivity index (χ1v) is 8.76. The number of rotatable bonds is 4. The normalized spacial score (nSPS) is 24.0. The minimum absolute atomic E-state index is 0.0302. The van der Waals surface area contributed by atoms with E-state index >= 15 is 0 Å². The highest BCUT2D eigenvalue weighted by Crippen LogP contribution is 2.31. The van der Waals surface area contributed by atoms with Crippen molar-refractivity contribution in [3.8, 4) is 11.5 Å². The molecular formula is C19H18F3N3O2. The molecule has 0 spiro atoms. The van der Waals surface area contributed by atoms with Gasteiger partial charge in [0.2, 0.25) is 0 Å². The van der Waals surface area contributed by atoms with Crippen molar-refractivity contribution in [2.45, 2.75) is 43.6 Å². The van der Waals surface area contributed by atoms with Gasteiger partial charge in [0.15, 0.2) is 0 Å². The van der Waals surface area contributed by atoms with E-state index in [1.165, 1.54) is 6.07 Å². The van der Waals surface area contributed by atoms with Crippen molar-refractivity contribution in [2.75, 3.05) is 0 Å². The molecule has 0 aliphatic carbocycles. The Morgan fingerprint density at radius 3 is 2.56 bits per heavy atom. The molecule has 2 saturated heterocycles. The summed E-state index contributed by atoms with van der Waals surface area (Å²) in [6, 6.07) is 9.47. The molecule has 2 bridgehead atoms. The third-order valence-corrected chi connectivity index (χ3v) is 4.99. The van der Waals surface area contributed by atoms with Crippen LogP contribution < -0.4 is 15.4 Å². The molecule has 0 saturated carbocycles. The van der Waals surface area contributed by atoms with E-state index in [4.69, 9.17) is 4.74 Å². The largest absolute Gasteiger partial charge is 0.457 e. The molecule has 0 radical (unpaired) electrons. The number of halogens is 3. The lowest BCUT2D eigenvalue weighted by Crippen LogP contribution is -2.42. The van der Waals surface area contributed by atoms with Gasteiger partial charge < -0.3 is 15.4 Å². The second-order valence-electron chi connectivity index (χ2n) is 6.86. The zero-order chi connectivity index (χ0) is 19.0. The van der Waals surface area contributed by atoms with E-state index in [-0.39, 0.29) is 17.7 Å². The van der Waals surface area contributed by atoms with Gasteiger partial charge in [-0.1, -0.05) is 0 Å². The van der Waals surface area contributed by atoms with Crippen LogP contribution >= 0.6 is 0 Å². The molecule has 2 N–H and O–H groups in total. The summed E-state index contributed by atoms with van der Waals surface area (Å²) in [4.78, 5) is 15.7. The Labute approximate surface area is 153 Å². The Kier molecular flexibility index (Phi) is 4.51. The van der Waals surface area contributed by atoms with Gasteiger partial charge in [-0.25, -0.2) is 0 Å². The average molecular weight is 377 g/mol. The summed E-state index contributed by atoms with van der Waals surface area (Å²) in [5, 5.41) is 6.51. The summed E-state index contributed by atoms with van der Waals surface area (Å²) < 4.78 is 43.6. The van der Waals surface area contributed by atoms with Crippen molar-refractivity contribution < 1.29 is 22.7 Å². The van der Waals surface area contributed by atoms with Crippen molar-refractivity contribution in [1.82, 2.24) is 15.6 Å². The maximum Gasteiger partial charge on any atom is 0.433 e. The van der Waals surface area contributed by atoms with Crippen LogP contribution in [0.1, 0.15) is 35.3 Å². The number of amides is 1. The molecule has 1 aromatic carbocycles. The van der Waals surface area contributed by atoms with Crippen molar-refractivity contribution >= 4 is 5.91 Å². The summed E-state index contributed by atoms with van der Waals surface area (Å²) in [7, 11) is 0. The number of carbonyl (C=O) groups excluding carboxylic acids is 1. The number of fused-ring (bicyclic) bond motifs is 2. The van der Waals surface area contributed by atoms with Crippen molar-refractivity contribution in [3.05, 3.63) is 53.9 Å². The van der Waals surface area contributed by atoms with Crippen LogP contribution in [0.25, 0.3) is 0 Å². The molecule has 2 aliphatic heterocycles. The van der Waals surface area contributed by atoms with E-state index in [2.05, 4.69) is 15.6 Å². The molecule has 3 atom stereocenters. The third kappa shape index (κ3) is 3.90. The van der Waals surface area contributed by atoms with Gasteiger partial charge in [0.05, 0.1) is 0 Å². The first-order valence-electron chi connectivity index (χ1n) is 8.76. The number of hydrogen-bond donors (Lipinski definition) is 2. The summed E-state index contributed by atoms with van der Waals surface area (Å²) >= 11 is 0. The molecule has 4 rings (SSSR count). The van der Waals surface area contributed by atoms with E-state index in [0.717, 1.165) is 31.5 Å². The lowest BCUT2D eigenvalue weighted by molar-refractivity contribution is -0.141. The standard InChI is InChI=1S/C19H18F3N3O2/c20-19(21,22)17-10-14(7-8-23-17)27-13-4-1-11(2-5-13)18(26)25-16-9-12-3-6-15(16)24-12/h1-2,4-5,7-8,10,12,15-16,24H,3,6,9H2,(H,25,26)/t12-,15+,16-/m1/s1. The van der Waals surface area contributed by atoms with Crippen molar-refractivity contribution in [2.24, 2.45) is 0 Å². The van der Waals surface area contributed by atoms with E-state index in [9.17, 15) is 18.0 Å². The quantitative estimate of drug-likeness (QED) is 0.856. The van der Waals surface area contributed by atoms with Gasteiger partial charge in [0.1, 0.15) is 17.2 Å². The summed E-state index contributed by atoms with van der Waals surface area (Å²) in [6.07, 6.45) is -0.303. The van der Waals surface area contributed by atoms with Crippen LogP contribution in [-0.2, 0) is 6.18 Å². The number of pyridine rings is 1. The fraction of sp³-hybridized carbons (Fsp3) is 0.368. The van der Waals surface area contributed by atoms with Crippen LogP contribution in [0.3, 0.4) is 0 Å². The second-order valence-corrected chi connectivity index (χ2v) is 6.86. The Balaban J connectivity index is 1.39. The van der Waals surface area contributed by atoms with Crippen LogP contribution in [0, 0.1) is 0 Å². The molecule has 27 heavy (non-hydrogen) atoms. The van der Waals surface area contributed by atoms with Crippen LogP contribution in [0.5, 0.6) is 11.5 Å². The van der Waals surface area contributed by atoms with E-state index < -0.39 is 11.9 Å². The zero-order valence-electron chi connectivity index (χ0n) is 14.3. The molecule has 2 aliphatic rings. The minimum Gasteiger partial charge on any atom is -0.457 e. The number of benzene rings is 1. The smallest absolute Gasteiger partial charge is 0.433 e. The highest BCUT2D eigenvalue weighted by atomic mass is 19.4. The first kappa shape index (κ1) is 17.8. The van der Waals surface area contributed by atoms with Crippen molar-refractivity contribution in [1.29, 1.82) is 0 Å². The number of nitrogens with zero attached hydrogens (tertiary/aromatic N) is 1. The molecule has 1 amide bonds. The first-order chi connectivity index (χ1) is 12.9. The summed E-state index contributed by atoms with van der Waals surface area (Å²) in [6.45, 7) is 0. The molecule has 2 fully saturated rings. The lowest BCUT2D eigenvalue weighted by Gasteiger charge is -2.21. The minimum atomic E-state index is -4.53. The predicted molar refractivity (Wildman–Crippen MR) is 91.6 cm³/mol. The monoisotopic (exact) mass is 377 g/mol. The lowest BCUT2D eigenvalue weighted by atomic mass is 9.95. The molecular weight excluding hydrogens is 359 g/mol. The van der Waals surface area contributed by atoms with E-state index in [0.29, 0.717) is 23.4 Å². The van der Waals surface area contributed by atoms with E-state index in [1.54, 1.807) is 24.3 Å². The molecule has 142 valence electrons. The SMILES string of the molecule is O=C(N[C@@H]1C[C@H]2CC[C@@H]1N2)c1ccc(Oc2ccnc(C(F)(F)F)c2)cc1. The van der Waals surface area contributed by atoms with Crippen LogP contribution in [0.2, 0.25) is 0 Å². The van der Waals surface area contributed by atoms with Gasteiger partial charge in [-0.15, -0.1) is 0 Å². The fourth-order valence-electron chi connectivity index (χ4n) is 3.68. The zero-order valence-corrected chi connectivity index (χ0v) is 14.3. The van der Waals surface area contributed by atoms with Gasteiger partial charge in [-0.05, 0) is 49.6 Å². The average Bonchev–Trinajstić information content (AvgIpc) is 3.25. The molecule has 0 unspecified atom stereocenters. The Morgan fingerprint density at radius 2 is 1.93 bits per heavy atom. The van der Waals surface area contributed by atoms with Gasteiger partial charge in [0, 0.05) is 36.0 Å².